The van der Waals surface area contributed by atoms with E-state index in [1.54, 1.807) is 18.3 Å². The fraction of sp³-hybridized carbons (Fsp3) is 0.154. The third kappa shape index (κ3) is 2.56. The maximum atomic E-state index is 13.2. The van der Waals surface area contributed by atoms with E-state index in [1.165, 1.54) is 13.2 Å². The molecule has 0 aliphatic rings. The van der Waals surface area contributed by atoms with Crippen LogP contribution in [0.1, 0.15) is 5.69 Å². The lowest BCUT2D eigenvalue weighted by molar-refractivity contribution is 0.387. The molecule has 17 heavy (non-hydrogen) atoms. The van der Waals surface area contributed by atoms with Crippen LogP contribution in [0.15, 0.2) is 36.5 Å². The molecular weight excluding hydrogens is 241 g/mol. The van der Waals surface area contributed by atoms with Gasteiger partial charge in [-0.1, -0.05) is 12.1 Å². The van der Waals surface area contributed by atoms with Gasteiger partial charge in [0, 0.05) is 11.8 Å². The number of alkyl halides is 1. The minimum atomic E-state index is -0.374. The highest BCUT2D eigenvalue weighted by atomic mass is 35.5. The van der Waals surface area contributed by atoms with E-state index < -0.39 is 0 Å². The molecule has 0 bridgehead atoms. The van der Waals surface area contributed by atoms with E-state index in [0.717, 1.165) is 16.8 Å². The Balaban J connectivity index is 2.38. The van der Waals surface area contributed by atoms with Gasteiger partial charge in [0.05, 0.1) is 18.7 Å². The van der Waals surface area contributed by atoms with Crippen LogP contribution in [0.5, 0.6) is 5.75 Å². The molecule has 0 N–H and O–H groups in total. The number of halogens is 2. The van der Waals surface area contributed by atoms with Crippen LogP contribution in [0.3, 0.4) is 0 Å². The van der Waals surface area contributed by atoms with E-state index in [9.17, 15) is 4.39 Å². The number of ether oxygens (including phenoxy) is 1. The second kappa shape index (κ2) is 5.15. The smallest absolute Gasteiger partial charge is 0.165 e. The Morgan fingerprint density at radius 1 is 1.24 bits per heavy atom. The molecule has 0 aliphatic carbocycles. The van der Waals surface area contributed by atoms with Gasteiger partial charge >= 0.3 is 0 Å². The molecule has 0 radical (unpaired) electrons. The van der Waals surface area contributed by atoms with Crippen molar-refractivity contribution in [2.45, 2.75) is 5.88 Å². The average Bonchev–Trinajstić information content (AvgIpc) is 2.39. The molecule has 0 aliphatic heterocycles. The molecule has 2 nitrogen and oxygen atoms in total. The normalized spacial score (nSPS) is 10.3. The number of aromatic nitrogens is 1. The van der Waals surface area contributed by atoms with Gasteiger partial charge in [0.25, 0.3) is 0 Å². The summed E-state index contributed by atoms with van der Waals surface area (Å²) in [6.07, 6.45) is 1.71. The third-order valence-electron chi connectivity index (χ3n) is 2.45. The van der Waals surface area contributed by atoms with Crippen molar-refractivity contribution in [2.75, 3.05) is 7.11 Å². The summed E-state index contributed by atoms with van der Waals surface area (Å²) in [7, 11) is 1.44. The molecule has 1 heterocycles. The van der Waals surface area contributed by atoms with Crippen molar-refractivity contribution in [1.82, 2.24) is 4.98 Å². The minimum Gasteiger partial charge on any atom is -0.494 e. The Labute approximate surface area is 104 Å². The summed E-state index contributed by atoms with van der Waals surface area (Å²) in [5, 5.41) is 0. The van der Waals surface area contributed by atoms with Crippen LogP contribution in [0.4, 0.5) is 4.39 Å². The van der Waals surface area contributed by atoms with Crippen molar-refractivity contribution in [3.63, 3.8) is 0 Å². The largest absolute Gasteiger partial charge is 0.494 e. The van der Waals surface area contributed by atoms with Gasteiger partial charge in [-0.05, 0) is 23.8 Å². The molecule has 0 amide bonds. The highest BCUT2D eigenvalue weighted by Gasteiger charge is 2.05. The summed E-state index contributed by atoms with van der Waals surface area (Å²) >= 11 is 5.66. The molecule has 2 aromatic rings. The van der Waals surface area contributed by atoms with Crippen LogP contribution in [0.2, 0.25) is 0 Å². The average molecular weight is 252 g/mol. The zero-order valence-electron chi connectivity index (χ0n) is 9.28. The molecule has 0 unspecified atom stereocenters. The summed E-state index contributed by atoms with van der Waals surface area (Å²) in [5.41, 5.74) is 2.57. The fourth-order valence-electron chi connectivity index (χ4n) is 1.51. The van der Waals surface area contributed by atoms with Gasteiger partial charge < -0.3 is 4.74 Å². The molecule has 1 aromatic carbocycles. The summed E-state index contributed by atoms with van der Waals surface area (Å²) in [5.74, 6) is 0.234. The molecular formula is C13H11ClFNO. The number of pyridine rings is 1. The Bertz CT molecular complexity index is 513. The third-order valence-corrected chi connectivity index (χ3v) is 2.72. The van der Waals surface area contributed by atoms with Crippen molar-refractivity contribution >= 4 is 11.6 Å². The van der Waals surface area contributed by atoms with Crippen molar-refractivity contribution in [1.29, 1.82) is 0 Å². The Hall–Kier alpha value is -1.61. The second-order valence-corrected chi connectivity index (χ2v) is 3.79. The van der Waals surface area contributed by atoms with Gasteiger partial charge in [0.1, 0.15) is 0 Å². The molecule has 0 atom stereocenters. The van der Waals surface area contributed by atoms with E-state index in [2.05, 4.69) is 4.98 Å². The Morgan fingerprint density at radius 2 is 2.00 bits per heavy atom. The molecule has 4 heteroatoms. The SMILES string of the molecule is COc1cc(-c2ccc(CCl)nc2)ccc1F. The minimum absolute atomic E-state index is 0.226. The summed E-state index contributed by atoms with van der Waals surface area (Å²) in [6.45, 7) is 0. The lowest BCUT2D eigenvalue weighted by Gasteiger charge is -2.06. The highest BCUT2D eigenvalue weighted by molar-refractivity contribution is 6.16. The van der Waals surface area contributed by atoms with Crippen LogP contribution in [-0.4, -0.2) is 12.1 Å². The summed E-state index contributed by atoms with van der Waals surface area (Å²) in [4.78, 5) is 4.18. The number of nitrogens with zero attached hydrogens (tertiary/aromatic N) is 1. The van der Waals surface area contributed by atoms with Crippen molar-refractivity contribution < 1.29 is 9.13 Å². The van der Waals surface area contributed by atoms with E-state index in [0.29, 0.717) is 5.88 Å². The van der Waals surface area contributed by atoms with Crippen molar-refractivity contribution in [3.8, 4) is 16.9 Å². The van der Waals surface area contributed by atoms with Crippen LogP contribution in [0.25, 0.3) is 11.1 Å². The zero-order chi connectivity index (χ0) is 12.3. The molecule has 1 aromatic heterocycles. The van der Waals surface area contributed by atoms with E-state index in [1.807, 2.05) is 12.1 Å². The number of methoxy groups -OCH3 is 1. The summed E-state index contributed by atoms with van der Waals surface area (Å²) in [6, 6.07) is 8.46. The predicted octanol–water partition coefficient (Wildman–Crippen LogP) is 3.64. The van der Waals surface area contributed by atoms with Gasteiger partial charge in [0.2, 0.25) is 0 Å². The standard InChI is InChI=1S/C13H11ClFNO/c1-17-13-6-9(3-5-12(13)15)10-2-4-11(7-14)16-8-10/h2-6,8H,7H2,1H3. The maximum Gasteiger partial charge on any atom is 0.165 e. The number of hydrogen-bond donors (Lipinski definition) is 0. The first-order valence-corrected chi connectivity index (χ1v) is 5.63. The maximum absolute atomic E-state index is 13.2. The molecule has 0 spiro atoms. The first-order valence-electron chi connectivity index (χ1n) is 5.09. The van der Waals surface area contributed by atoms with Crippen LogP contribution in [-0.2, 0) is 5.88 Å². The topological polar surface area (TPSA) is 22.1 Å². The lowest BCUT2D eigenvalue weighted by Crippen LogP contribution is -1.90. The number of rotatable bonds is 3. The molecule has 88 valence electrons. The van der Waals surface area contributed by atoms with Gasteiger partial charge in [-0.3, -0.25) is 4.98 Å². The molecule has 0 saturated carbocycles. The first-order chi connectivity index (χ1) is 8.24. The Morgan fingerprint density at radius 3 is 2.59 bits per heavy atom. The van der Waals surface area contributed by atoms with Gasteiger partial charge in [0.15, 0.2) is 11.6 Å². The number of hydrogen-bond acceptors (Lipinski definition) is 2. The number of benzene rings is 1. The predicted molar refractivity (Wildman–Crippen MR) is 65.7 cm³/mol. The summed E-state index contributed by atoms with van der Waals surface area (Å²) < 4.78 is 18.2. The molecule has 0 saturated heterocycles. The van der Waals surface area contributed by atoms with E-state index in [-0.39, 0.29) is 11.6 Å². The fourth-order valence-corrected chi connectivity index (χ4v) is 1.67. The van der Waals surface area contributed by atoms with Crippen LogP contribution >= 0.6 is 11.6 Å². The van der Waals surface area contributed by atoms with Crippen LogP contribution in [0, 0.1) is 5.82 Å². The Kier molecular flexibility index (Phi) is 3.59. The molecule has 2 rings (SSSR count). The van der Waals surface area contributed by atoms with Crippen LogP contribution < -0.4 is 4.74 Å². The first kappa shape index (κ1) is 11.9. The zero-order valence-corrected chi connectivity index (χ0v) is 10.0. The van der Waals surface area contributed by atoms with Gasteiger partial charge in [-0.2, -0.15) is 0 Å². The van der Waals surface area contributed by atoms with E-state index in [4.69, 9.17) is 16.3 Å². The molecule has 0 fully saturated rings. The van der Waals surface area contributed by atoms with Crippen molar-refractivity contribution in [2.24, 2.45) is 0 Å². The second-order valence-electron chi connectivity index (χ2n) is 3.52. The quantitative estimate of drug-likeness (QED) is 0.777. The monoisotopic (exact) mass is 251 g/mol. The van der Waals surface area contributed by atoms with Gasteiger partial charge in [-0.25, -0.2) is 4.39 Å². The van der Waals surface area contributed by atoms with Gasteiger partial charge in [-0.15, -0.1) is 11.6 Å². The lowest BCUT2D eigenvalue weighted by atomic mass is 10.1. The van der Waals surface area contributed by atoms with E-state index >= 15 is 0 Å². The van der Waals surface area contributed by atoms with Crippen molar-refractivity contribution in [3.05, 3.63) is 48.0 Å². The highest BCUT2D eigenvalue weighted by Crippen LogP contribution is 2.25.